The van der Waals surface area contributed by atoms with E-state index < -0.39 is 0 Å². The molecule has 0 saturated carbocycles. The molecule has 0 bridgehead atoms. The third kappa shape index (κ3) is 1.98. The molecule has 6 nitrogen and oxygen atoms in total. The lowest BCUT2D eigenvalue weighted by atomic mass is 10.1. The fraction of sp³-hybridized carbons (Fsp3) is 0.462. The molecule has 1 fully saturated rings. The molecular weight excluding hydrogens is 246 g/mol. The van der Waals surface area contributed by atoms with Crippen LogP contribution in [-0.2, 0) is 0 Å². The van der Waals surface area contributed by atoms with E-state index >= 15 is 0 Å². The lowest BCUT2D eigenvalue weighted by Crippen LogP contribution is -2.37. The van der Waals surface area contributed by atoms with E-state index in [1.807, 2.05) is 6.92 Å². The Labute approximate surface area is 110 Å². The van der Waals surface area contributed by atoms with Gasteiger partial charge in [-0.05, 0) is 25.8 Å². The molecule has 1 N–H and O–H groups in total. The number of carbonyl (C=O) groups excluding carboxylic acids is 1. The van der Waals surface area contributed by atoms with Gasteiger partial charge in [-0.3, -0.25) is 4.79 Å². The van der Waals surface area contributed by atoms with Crippen LogP contribution in [0.15, 0.2) is 16.8 Å². The van der Waals surface area contributed by atoms with E-state index in [2.05, 4.69) is 10.1 Å². The Hall–Kier alpha value is -1.95. The molecule has 6 heteroatoms. The average Bonchev–Trinajstić information content (AvgIpc) is 3.04. The van der Waals surface area contributed by atoms with Crippen LogP contribution in [0.25, 0.3) is 11.1 Å². The van der Waals surface area contributed by atoms with Gasteiger partial charge >= 0.3 is 0 Å². The van der Waals surface area contributed by atoms with Crippen molar-refractivity contribution in [3.05, 3.63) is 23.5 Å². The highest BCUT2D eigenvalue weighted by molar-refractivity contribution is 5.97. The molecule has 1 aliphatic heterocycles. The highest BCUT2D eigenvalue weighted by Crippen LogP contribution is 2.22. The Morgan fingerprint density at radius 2 is 2.47 bits per heavy atom. The van der Waals surface area contributed by atoms with Gasteiger partial charge in [-0.15, -0.1) is 0 Å². The lowest BCUT2D eigenvalue weighted by Gasteiger charge is -2.22. The first-order chi connectivity index (χ1) is 9.20. The van der Waals surface area contributed by atoms with Crippen LogP contribution in [0.3, 0.4) is 0 Å². The maximum atomic E-state index is 12.4. The number of aryl methyl sites for hydroxylation is 1. The third-order valence-corrected chi connectivity index (χ3v) is 3.61. The molecule has 1 atom stereocenters. The molecule has 100 valence electrons. The van der Waals surface area contributed by atoms with Gasteiger partial charge in [-0.2, -0.15) is 0 Å². The van der Waals surface area contributed by atoms with E-state index in [9.17, 15) is 9.90 Å². The van der Waals surface area contributed by atoms with Crippen molar-refractivity contribution in [1.82, 2.24) is 15.0 Å². The zero-order valence-electron chi connectivity index (χ0n) is 10.7. The average molecular weight is 261 g/mol. The Balaban J connectivity index is 1.94. The fourth-order valence-electron chi connectivity index (χ4n) is 2.52. The van der Waals surface area contributed by atoms with Crippen molar-refractivity contribution >= 4 is 17.0 Å². The number of hydrogen-bond acceptors (Lipinski definition) is 5. The van der Waals surface area contributed by atoms with E-state index in [4.69, 9.17) is 4.52 Å². The number of amides is 1. The monoisotopic (exact) mass is 261 g/mol. The standard InChI is InChI=1S/C13H15N3O3/c1-8-11-5-9(6-14-12(11)19-15-8)13(18)16-4-2-3-10(16)7-17/h5-6,10,17H,2-4,7H2,1H3/t10-/m0/s1. The molecule has 0 aliphatic carbocycles. The van der Waals surface area contributed by atoms with Gasteiger partial charge in [0.05, 0.1) is 29.3 Å². The molecule has 0 spiro atoms. The van der Waals surface area contributed by atoms with Crippen molar-refractivity contribution in [3.63, 3.8) is 0 Å². The number of aliphatic hydroxyl groups excluding tert-OH is 1. The van der Waals surface area contributed by atoms with E-state index in [-0.39, 0.29) is 18.6 Å². The van der Waals surface area contributed by atoms with Gasteiger partial charge in [0.15, 0.2) is 0 Å². The molecule has 0 unspecified atom stereocenters. The second-order valence-corrected chi connectivity index (χ2v) is 4.82. The summed E-state index contributed by atoms with van der Waals surface area (Å²) in [7, 11) is 0. The predicted molar refractivity (Wildman–Crippen MR) is 67.7 cm³/mol. The van der Waals surface area contributed by atoms with Crippen LogP contribution < -0.4 is 0 Å². The summed E-state index contributed by atoms with van der Waals surface area (Å²) in [6.07, 6.45) is 3.28. The number of likely N-dealkylation sites (tertiary alicyclic amines) is 1. The predicted octanol–water partition coefficient (Wildman–Crippen LogP) is 1.13. The van der Waals surface area contributed by atoms with Crippen LogP contribution in [0.5, 0.6) is 0 Å². The lowest BCUT2D eigenvalue weighted by molar-refractivity contribution is 0.0677. The van der Waals surface area contributed by atoms with Crippen LogP contribution >= 0.6 is 0 Å². The molecule has 0 aromatic carbocycles. The zero-order chi connectivity index (χ0) is 13.4. The fourth-order valence-corrected chi connectivity index (χ4v) is 2.52. The number of fused-ring (bicyclic) bond motifs is 1. The van der Waals surface area contributed by atoms with Crippen LogP contribution in [0.1, 0.15) is 28.9 Å². The second-order valence-electron chi connectivity index (χ2n) is 4.82. The van der Waals surface area contributed by atoms with Crippen molar-refractivity contribution in [2.24, 2.45) is 0 Å². The Kier molecular flexibility index (Phi) is 2.94. The van der Waals surface area contributed by atoms with Gasteiger partial charge in [0.25, 0.3) is 11.6 Å². The molecule has 1 aliphatic rings. The first kappa shape index (κ1) is 12.1. The van der Waals surface area contributed by atoms with Gasteiger partial charge in [-0.25, -0.2) is 4.98 Å². The zero-order valence-corrected chi connectivity index (χ0v) is 10.7. The first-order valence-corrected chi connectivity index (χ1v) is 6.34. The maximum absolute atomic E-state index is 12.4. The van der Waals surface area contributed by atoms with Crippen LogP contribution in [-0.4, -0.2) is 45.2 Å². The largest absolute Gasteiger partial charge is 0.394 e. The van der Waals surface area contributed by atoms with Crippen LogP contribution in [0.4, 0.5) is 0 Å². The van der Waals surface area contributed by atoms with Gasteiger partial charge in [0.1, 0.15) is 0 Å². The van der Waals surface area contributed by atoms with E-state index in [1.54, 1.807) is 11.0 Å². The molecule has 0 radical (unpaired) electrons. The Morgan fingerprint density at radius 3 is 3.26 bits per heavy atom. The SMILES string of the molecule is Cc1noc2ncc(C(=O)N3CCC[C@H]3CO)cc12. The van der Waals surface area contributed by atoms with E-state index in [0.717, 1.165) is 23.9 Å². The molecule has 1 saturated heterocycles. The summed E-state index contributed by atoms with van der Waals surface area (Å²) in [6.45, 7) is 2.51. The molecule has 1 amide bonds. The summed E-state index contributed by atoms with van der Waals surface area (Å²) < 4.78 is 5.03. The molecule has 2 aromatic heterocycles. The normalized spacial score (nSPS) is 19.3. The Bertz CT molecular complexity index is 623. The minimum absolute atomic E-state index is 0.00765. The number of pyridine rings is 1. The smallest absolute Gasteiger partial charge is 0.257 e. The van der Waals surface area contributed by atoms with Gasteiger partial charge < -0.3 is 14.5 Å². The van der Waals surface area contributed by atoms with Gasteiger partial charge in [0, 0.05) is 12.7 Å². The number of nitrogens with zero attached hydrogens (tertiary/aromatic N) is 3. The second kappa shape index (κ2) is 4.62. The van der Waals surface area contributed by atoms with Crippen molar-refractivity contribution in [2.75, 3.05) is 13.2 Å². The number of hydrogen-bond donors (Lipinski definition) is 1. The minimum Gasteiger partial charge on any atom is -0.394 e. The minimum atomic E-state index is -0.0912. The summed E-state index contributed by atoms with van der Waals surface area (Å²) in [6, 6.07) is 1.68. The van der Waals surface area contributed by atoms with E-state index in [0.29, 0.717) is 17.8 Å². The summed E-state index contributed by atoms with van der Waals surface area (Å²) in [5.74, 6) is -0.0912. The Morgan fingerprint density at radius 1 is 1.63 bits per heavy atom. The van der Waals surface area contributed by atoms with Crippen molar-refractivity contribution in [1.29, 1.82) is 0 Å². The summed E-state index contributed by atoms with van der Waals surface area (Å²) in [5, 5.41) is 13.9. The maximum Gasteiger partial charge on any atom is 0.257 e. The topological polar surface area (TPSA) is 79.5 Å². The molecule has 3 rings (SSSR count). The summed E-state index contributed by atoms with van der Waals surface area (Å²) in [4.78, 5) is 18.2. The highest BCUT2D eigenvalue weighted by Gasteiger charge is 2.29. The van der Waals surface area contributed by atoms with Gasteiger partial charge in [-0.1, -0.05) is 5.16 Å². The van der Waals surface area contributed by atoms with E-state index in [1.165, 1.54) is 6.20 Å². The number of aliphatic hydroxyl groups is 1. The van der Waals surface area contributed by atoms with Crippen LogP contribution in [0, 0.1) is 6.92 Å². The van der Waals surface area contributed by atoms with Gasteiger partial charge in [0.2, 0.25) is 0 Å². The quantitative estimate of drug-likeness (QED) is 0.876. The molecule has 19 heavy (non-hydrogen) atoms. The molecule has 3 heterocycles. The number of aromatic nitrogens is 2. The summed E-state index contributed by atoms with van der Waals surface area (Å²) in [5.41, 5.74) is 1.67. The molecule has 2 aromatic rings. The number of rotatable bonds is 2. The van der Waals surface area contributed by atoms with Crippen molar-refractivity contribution < 1.29 is 14.4 Å². The van der Waals surface area contributed by atoms with Crippen molar-refractivity contribution in [3.8, 4) is 0 Å². The van der Waals surface area contributed by atoms with Crippen molar-refractivity contribution in [2.45, 2.75) is 25.8 Å². The first-order valence-electron chi connectivity index (χ1n) is 6.34. The third-order valence-electron chi connectivity index (χ3n) is 3.61. The number of carbonyl (C=O) groups is 1. The highest BCUT2D eigenvalue weighted by atomic mass is 16.5. The molecular formula is C13H15N3O3. The summed E-state index contributed by atoms with van der Waals surface area (Å²) >= 11 is 0. The van der Waals surface area contributed by atoms with Crippen LogP contribution in [0.2, 0.25) is 0 Å².